The van der Waals surface area contributed by atoms with E-state index in [-0.39, 0.29) is 29.0 Å². The van der Waals surface area contributed by atoms with E-state index in [1.807, 2.05) is 11.5 Å². The number of hydrogen-bond donors (Lipinski definition) is 2. The first-order chi connectivity index (χ1) is 18.6. The second kappa shape index (κ2) is 10.2. The number of carbonyl (C=O) groups is 1. The maximum Gasteiger partial charge on any atom is 0.417 e. The van der Waals surface area contributed by atoms with Crippen LogP contribution in [0.15, 0.2) is 29.2 Å². The standard InChI is InChI=1S/C29H38F3N3O4S/c1-18-21(26(36)33-20-9-13-39-14-10-20)16-23(35(18)25-17-28(25)11-5-6-12-28)19-7-8-24(22(15-19)29(30,31)32)40(37,38)34-27(2,3)4/h7-8,15-16,20,25,34H,5-6,9-14,17H2,1-4H3,(H,33,36). The maximum atomic E-state index is 14.3. The quantitative estimate of drug-likeness (QED) is 0.440. The number of amides is 1. The molecule has 1 aromatic heterocycles. The second-order valence-corrected chi connectivity index (χ2v) is 14.3. The summed E-state index contributed by atoms with van der Waals surface area (Å²) in [4.78, 5) is 12.6. The van der Waals surface area contributed by atoms with Crippen molar-refractivity contribution in [1.29, 1.82) is 0 Å². The summed E-state index contributed by atoms with van der Waals surface area (Å²) < 4.78 is 78.7. The number of aromatic nitrogens is 1. The highest BCUT2D eigenvalue weighted by Gasteiger charge is 2.57. The van der Waals surface area contributed by atoms with Crippen molar-refractivity contribution in [3.05, 3.63) is 41.1 Å². The molecule has 1 saturated heterocycles. The average Bonchev–Trinajstić information content (AvgIpc) is 3.16. The van der Waals surface area contributed by atoms with Crippen molar-refractivity contribution in [3.8, 4) is 11.3 Å². The number of benzene rings is 1. The number of rotatable bonds is 6. The van der Waals surface area contributed by atoms with Crippen LogP contribution in [0.4, 0.5) is 13.2 Å². The molecule has 0 radical (unpaired) electrons. The van der Waals surface area contributed by atoms with E-state index in [1.165, 1.54) is 6.07 Å². The first kappa shape index (κ1) is 29.1. The Morgan fingerprint density at radius 1 is 1.07 bits per heavy atom. The second-order valence-electron chi connectivity index (χ2n) is 12.6. The lowest BCUT2D eigenvalue weighted by Crippen LogP contribution is -2.41. The van der Waals surface area contributed by atoms with Crippen LogP contribution in [0.5, 0.6) is 0 Å². The van der Waals surface area contributed by atoms with E-state index >= 15 is 0 Å². The third-order valence-electron chi connectivity index (χ3n) is 8.46. The normalized spacial score (nSPS) is 21.6. The topological polar surface area (TPSA) is 89.4 Å². The molecule has 2 aromatic rings. The van der Waals surface area contributed by atoms with Gasteiger partial charge in [-0.25, -0.2) is 13.1 Å². The predicted molar refractivity (Wildman–Crippen MR) is 146 cm³/mol. The number of halogens is 3. The number of alkyl halides is 3. The first-order valence-corrected chi connectivity index (χ1v) is 15.5. The van der Waals surface area contributed by atoms with Crippen LogP contribution in [0.1, 0.15) is 93.4 Å². The summed E-state index contributed by atoms with van der Waals surface area (Å²) in [5.41, 5.74) is -0.196. The van der Waals surface area contributed by atoms with E-state index in [0.717, 1.165) is 44.2 Å². The first-order valence-electron chi connectivity index (χ1n) is 14.0. The molecule has 2 N–H and O–H groups in total. The SMILES string of the molecule is Cc1c(C(=O)NC2CCOCC2)cc(-c2ccc(S(=O)(=O)NC(C)(C)C)c(C(F)(F)F)c2)n1C1CC12CCCC2. The molecule has 3 fully saturated rings. The smallest absolute Gasteiger partial charge is 0.381 e. The Morgan fingerprint density at radius 3 is 2.33 bits per heavy atom. The lowest BCUT2D eigenvalue weighted by atomic mass is 10.0. The van der Waals surface area contributed by atoms with E-state index < -0.39 is 32.2 Å². The molecule has 11 heteroatoms. The zero-order valence-electron chi connectivity index (χ0n) is 23.5. The van der Waals surface area contributed by atoms with Gasteiger partial charge in [0.2, 0.25) is 10.0 Å². The fourth-order valence-electron chi connectivity index (χ4n) is 6.49. The maximum absolute atomic E-state index is 14.3. The number of carbonyl (C=O) groups excluding carboxylic acids is 1. The monoisotopic (exact) mass is 581 g/mol. The van der Waals surface area contributed by atoms with Crippen molar-refractivity contribution in [3.63, 3.8) is 0 Å². The van der Waals surface area contributed by atoms with Gasteiger partial charge in [0.1, 0.15) is 0 Å². The third-order valence-corrected chi connectivity index (χ3v) is 10.3. The minimum absolute atomic E-state index is 0.0220. The Labute approximate surface area is 233 Å². The molecular formula is C29H38F3N3O4S. The van der Waals surface area contributed by atoms with E-state index in [2.05, 4.69) is 10.0 Å². The van der Waals surface area contributed by atoms with Crippen LogP contribution in [-0.4, -0.2) is 43.7 Å². The van der Waals surface area contributed by atoms with Crippen molar-refractivity contribution in [1.82, 2.24) is 14.6 Å². The van der Waals surface area contributed by atoms with Crippen molar-refractivity contribution in [2.75, 3.05) is 13.2 Å². The van der Waals surface area contributed by atoms with Gasteiger partial charge in [-0.15, -0.1) is 0 Å². The highest BCUT2D eigenvalue weighted by Crippen LogP contribution is 2.66. The molecule has 40 heavy (non-hydrogen) atoms. The van der Waals surface area contributed by atoms with Crippen molar-refractivity contribution >= 4 is 15.9 Å². The van der Waals surface area contributed by atoms with Gasteiger partial charge in [0.25, 0.3) is 5.91 Å². The molecule has 1 unspecified atom stereocenters. The van der Waals surface area contributed by atoms with Crippen LogP contribution in [-0.2, 0) is 20.9 Å². The Balaban J connectivity index is 1.59. The van der Waals surface area contributed by atoms with Crippen molar-refractivity contribution < 1.29 is 31.1 Å². The van der Waals surface area contributed by atoms with E-state index in [0.29, 0.717) is 43.0 Å². The fraction of sp³-hybridized carbons (Fsp3) is 0.621. The van der Waals surface area contributed by atoms with Gasteiger partial charge in [-0.2, -0.15) is 13.2 Å². The number of ether oxygens (including phenoxy) is 1. The molecule has 1 aromatic carbocycles. The molecular weight excluding hydrogens is 543 g/mol. The largest absolute Gasteiger partial charge is 0.417 e. The van der Waals surface area contributed by atoms with Gasteiger partial charge in [-0.1, -0.05) is 18.9 Å². The summed E-state index contributed by atoms with van der Waals surface area (Å²) in [5.74, 6) is -0.254. The van der Waals surface area contributed by atoms with Crippen molar-refractivity contribution in [2.45, 2.75) is 101 Å². The highest BCUT2D eigenvalue weighted by molar-refractivity contribution is 7.89. The Hall–Kier alpha value is -2.37. The zero-order chi connectivity index (χ0) is 29.1. The van der Waals surface area contributed by atoms with Crippen molar-refractivity contribution in [2.24, 2.45) is 5.41 Å². The zero-order valence-corrected chi connectivity index (χ0v) is 24.3. The number of hydrogen-bond acceptors (Lipinski definition) is 4. The molecule has 5 rings (SSSR count). The molecule has 1 amide bonds. The molecule has 1 atom stereocenters. The Bertz CT molecular complexity index is 1400. The van der Waals surface area contributed by atoms with Crippen LogP contribution in [0.2, 0.25) is 0 Å². The summed E-state index contributed by atoms with van der Waals surface area (Å²) in [7, 11) is -4.45. The van der Waals surface area contributed by atoms with Gasteiger partial charge in [-0.05, 0) is 89.0 Å². The number of nitrogens with one attached hydrogen (secondary N) is 2. The van der Waals surface area contributed by atoms with Crippen LogP contribution in [0, 0.1) is 12.3 Å². The third kappa shape index (κ3) is 5.69. The summed E-state index contributed by atoms with van der Waals surface area (Å²) in [6.07, 6.45) is 1.78. The van der Waals surface area contributed by atoms with Crippen LogP contribution >= 0.6 is 0 Å². The molecule has 3 aliphatic rings. The van der Waals surface area contributed by atoms with Crippen LogP contribution < -0.4 is 10.0 Å². The Morgan fingerprint density at radius 2 is 1.73 bits per heavy atom. The molecule has 2 heterocycles. The number of nitrogens with zero attached hydrogens (tertiary/aromatic N) is 1. The van der Waals surface area contributed by atoms with Crippen LogP contribution in [0.25, 0.3) is 11.3 Å². The van der Waals surface area contributed by atoms with Gasteiger partial charge in [0, 0.05) is 42.2 Å². The summed E-state index contributed by atoms with van der Waals surface area (Å²) in [5, 5.41) is 3.07. The molecule has 0 bridgehead atoms. The highest BCUT2D eigenvalue weighted by atomic mass is 32.2. The van der Waals surface area contributed by atoms with Gasteiger partial charge < -0.3 is 14.6 Å². The van der Waals surface area contributed by atoms with E-state index in [4.69, 9.17) is 4.74 Å². The van der Waals surface area contributed by atoms with E-state index in [9.17, 15) is 26.4 Å². The summed E-state index contributed by atoms with van der Waals surface area (Å²) in [6.45, 7) is 7.70. The molecule has 1 aliphatic heterocycles. The average molecular weight is 582 g/mol. The summed E-state index contributed by atoms with van der Waals surface area (Å²) >= 11 is 0. The summed E-state index contributed by atoms with van der Waals surface area (Å²) in [6, 6.07) is 5.09. The lowest BCUT2D eigenvalue weighted by molar-refractivity contribution is -0.139. The Kier molecular flexibility index (Phi) is 7.40. The molecule has 2 aliphatic carbocycles. The number of sulfonamides is 1. The molecule has 7 nitrogen and oxygen atoms in total. The molecule has 220 valence electrons. The minimum atomic E-state index is -4.90. The lowest BCUT2D eigenvalue weighted by Gasteiger charge is -2.23. The molecule has 1 spiro atoms. The van der Waals surface area contributed by atoms with E-state index in [1.54, 1.807) is 26.8 Å². The predicted octanol–water partition coefficient (Wildman–Crippen LogP) is 5.97. The van der Waals surface area contributed by atoms with Gasteiger partial charge in [0.15, 0.2) is 0 Å². The van der Waals surface area contributed by atoms with Crippen LogP contribution in [0.3, 0.4) is 0 Å². The van der Waals surface area contributed by atoms with Gasteiger partial charge >= 0.3 is 6.18 Å². The molecule has 2 saturated carbocycles. The van der Waals surface area contributed by atoms with Gasteiger partial charge in [0.05, 0.1) is 16.0 Å². The van der Waals surface area contributed by atoms with Gasteiger partial charge in [-0.3, -0.25) is 4.79 Å². The fourth-order valence-corrected chi connectivity index (χ4v) is 8.12. The minimum Gasteiger partial charge on any atom is -0.381 e.